The average molecular weight is 769 g/mol. The fourth-order valence-corrected chi connectivity index (χ4v) is 8.11. The molecular formula is C48H48N8O2. The zero-order chi connectivity index (χ0) is 39.9. The summed E-state index contributed by atoms with van der Waals surface area (Å²) in [5.74, 6) is 1.56. The molecule has 10 nitrogen and oxygen atoms in total. The zero-order valence-electron chi connectivity index (χ0n) is 33.0. The van der Waals surface area contributed by atoms with E-state index < -0.39 is 5.54 Å². The molecule has 3 heterocycles. The van der Waals surface area contributed by atoms with Crippen molar-refractivity contribution in [1.29, 1.82) is 0 Å². The van der Waals surface area contributed by atoms with Crippen molar-refractivity contribution in [3.05, 3.63) is 196 Å². The van der Waals surface area contributed by atoms with Crippen LogP contribution in [0.4, 0.5) is 0 Å². The van der Waals surface area contributed by atoms with Crippen LogP contribution in [0.2, 0.25) is 0 Å². The summed E-state index contributed by atoms with van der Waals surface area (Å²) in [6.07, 6.45) is 6.99. The van der Waals surface area contributed by atoms with Crippen LogP contribution in [0.3, 0.4) is 0 Å². The monoisotopic (exact) mass is 768 g/mol. The topological polar surface area (TPSA) is 119 Å². The van der Waals surface area contributed by atoms with Crippen molar-refractivity contribution in [3.63, 3.8) is 0 Å². The van der Waals surface area contributed by atoms with Gasteiger partial charge in [-0.1, -0.05) is 166 Å². The molecule has 0 fully saturated rings. The second kappa shape index (κ2) is 17.1. The van der Waals surface area contributed by atoms with E-state index in [-0.39, 0.29) is 11.6 Å². The smallest absolute Gasteiger partial charge is 0.328 e. The van der Waals surface area contributed by atoms with Crippen molar-refractivity contribution in [3.8, 4) is 28.4 Å². The minimum Gasteiger partial charge on any atom is -0.493 e. The zero-order valence-corrected chi connectivity index (χ0v) is 33.0. The predicted molar refractivity (Wildman–Crippen MR) is 228 cm³/mol. The molecule has 3 aromatic heterocycles. The molecule has 0 aliphatic heterocycles. The second-order valence-electron chi connectivity index (χ2n) is 14.7. The lowest BCUT2D eigenvalue weighted by Crippen LogP contribution is -2.39. The third kappa shape index (κ3) is 7.29. The van der Waals surface area contributed by atoms with Gasteiger partial charge >= 0.3 is 5.69 Å². The summed E-state index contributed by atoms with van der Waals surface area (Å²) in [6, 6.07) is 48.2. The maximum atomic E-state index is 12.7. The van der Waals surface area contributed by atoms with Gasteiger partial charge in [0, 0.05) is 43.4 Å². The highest BCUT2D eigenvalue weighted by atomic mass is 16.3. The van der Waals surface area contributed by atoms with Gasteiger partial charge in [-0.25, -0.2) is 14.5 Å². The molecule has 0 radical (unpaired) electrons. The van der Waals surface area contributed by atoms with Crippen molar-refractivity contribution < 1.29 is 5.11 Å². The summed E-state index contributed by atoms with van der Waals surface area (Å²) in [7, 11) is 0. The van der Waals surface area contributed by atoms with Crippen LogP contribution in [0.1, 0.15) is 79.0 Å². The first-order chi connectivity index (χ1) is 28.5. The van der Waals surface area contributed by atoms with Crippen LogP contribution in [-0.2, 0) is 31.5 Å². The average Bonchev–Trinajstić information content (AvgIpc) is 3.98. The Kier molecular flexibility index (Phi) is 11.2. The first-order valence-electron chi connectivity index (χ1n) is 20.2. The summed E-state index contributed by atoms with van der Waals surface area (Å²) >= 11 is 0. The summed E-state index contributed by atoms with van der Waals surface area (Å²) in [4.78, 5) is 20.1. The van der Waals surface area contributed by atoms with E-state index in [2.05, 4.69) is 138 Å². The number of aromatic hydroxyl groups is 1. The number of aromatic amines is 1. The number of aromatic nitrogens is 8. The number of H-pyrrole nitrogens is 1. The summed E-state index contributed by atoms with van der Waals surface area (Å²) < 4.78 is 5.88. The molecule has 0 aliphatic rings. The molecule has 292 valence electrons. The van der Waals surface area contributed by atoms with Gasteiger partial charge in [-0.2, -0.15) is 0 Å². The fourth-order valence-electron chi connectivity index (χ4n) is 8.11. The lowest BCUT2D eigenvalue weighted by molar-refractivity contribution is 0.446. The van der Waals surface area contributed by atoms with Crippen LogP contribution < -0.4 is 5.69 Å². The van der Waals surface area contributed by atoms with Crippen molar-refractivity contribution >= 4 is 0 Å². The Labute approximate surface area is 338 Å². The van der Waals surface area contributed by atoms with Gasteiger partial charge in [0.15, 0.2) is 5.82 Å². The van der Waals surface area contributed by atoms with Crippen LogP contribution >= 0.6 is 0 Å². The van der Waals surface area contributed by atoms with E-state index in [4.69, 9.17) is 15.3 Å². The Morgan fingerprint density at radius 3 is 1.88 bits per heavy atom. The predicted octanol–water partition coefficient (Wildman–Crippen LogP) is 9.02. The number of imidazole rings is 2. The molecule has 0 amide bonds. The van der Waals surface area contributed by atoms with Crippen molar-refractivity contribution in [2.45, 2.75) is 71.0 Å². The van der Waals surface area contributed by atoms with Gasteiger partial charge in [0.25, 0.3) is 0 Å². The lowest BCUT2D eigenvalue weighted by Gasteiger charge is -2.36. The molecule has 0 spiro atoms. The van der Waals surface area contributed by atoms with Crippen LogP contribution in [0.15, 0.2) is 151 Å². The maximum Gasteiger partial charge on any atom is 0.328 e. The van der Waals surface area contributed by atoms with Crippen LogP contribution in [0.5, 0.6) is 5.88 Å². The normalized spacial score (nSPS) is 11.6. The van der Waals surface area contributed by atoms with E-state index in [0.717, 1.165) is 82.6 Å². The number of tetrazole rings is 1. The van der Waals surface area contributed by atoms with Gasteiger partial charge in [0.05, 0.1) is 5.69 Å². The number of rotatable bonds is 16. The molecule has 8 rings (SSSR count). The molecule has 0 unspecified atom stereocenters. The van der Waals surface area contributed by atoms with E-state index in [1.807, 2.05) is 41.2 Å². The first-order valence-corrected chi connectivity index (χ1v) is 20.2. The van der Waals surface area contributed by atoms with Gasteiger partial charge in [-0.15, -0.1) is 5.10 Å². The quantitative estimate of drug-likeness (QED) is 0.0948. The number of nitrogens with zero attached hydrogens (tertiary/aromatic N) is 7. The standard InChI is InChI=1S/C48H48N8O2/c1-3-5-26-44-49-33-40(32-43-46(57)50-47(58)54(43)31-6-4-2)55(44)34-35-27-29-36(30-28-35)41-24-16-17-25-42(41)45-51-52-53-56(45)48(37-18-10-7-11-19-37,38-20-12-8-13-21-38)39-22-14-9-15-23-39/h7-25,27-30,33,57H,3-6,26,31-32,34H2,1-2H3,(H,50,58). The Morgan fingerprint density at radius 1 is 0.690 bits per heavy atom. The molecular weight excluding hydrogens is 721 g/mol. The van der Waals surface area contributed by atoms with E-state index in [1.54, 1.807) is 4.57 Å². The third-order valence-electron chi connectivity index (χ3n) is 11.1. The molecule has 0 atom stereocenters. The van der Waals surface area contributed by atoms with E-state index in [1.165, 1.54) is 0 Å². The molecule has 5 aromatic carbocycles. The van der Waals surface area contributed by atoms with Crippen molar-refractivity contribution in [2.24, 2.45) is 0 Å². The van der Waals surface area contributed by atoms with Gasteiger partial charge in [-0.3, -0.25) is 9.55 Å². The maximum absolute atomic E-state index is 12.7. The van der Waals surface area contributed by atoms with Gasteiger partial charge in [0.1, 0.15) is 11.4 Å². The van der Waals surface area contributed by atoms with E-state index in [0.29, 0.717) is 31.0 Å². The minimum atomic E-state index is -0.876. The van der Waals surface area contributed by atoms with Crippen molar-refractivity contribution in [1.82, 2.24) is 39.3 Å². The Bertz CT molecular complexity index is 2530. The Balaban J connectivity index is 1.17. The Hall–Kier alpha value is -6.81. The third-order valence-corrected chi connectivity index (χ3v) is 11.1. The van der Waals surface area contributed by atoms with Gasteiger partial charge < -0.3 is 9.67 Å². The first kappa shape index (κ1) is 38.1. The molecule has 10 heteroatoms. The molecule has 58 heavy (non-hydrogen) atoms. The SMILES string of the molecule is CCCCc1ncc(Cc2c(O)[nH]c(=O)n2CCCC)n1Cc1ccc(-c2ccccc2-c2nnnn2C(c2ccccc2)(c2ccccc2)c2ccccc2)cc1. The van der Waals surface area contributed by atoms with Crippen LogP contribution in [0, 0.1) is 0 Å². The fraction of sp³-hybridized carbons (Fsp3) is 0.229. The summed E-state index contributed by atoms with van der Waals surface area (Å²) in [5, 5.41) is 24.6. The molecule has 0 bridgehead atoms. The number of hydrogen-bond acceptors (Lipinski definition) is 6. The van der Waals surface area contributed by atoms with Gasteiger partial charge in [-0.05, 0) is 56.6 Å². The second-order valence-corrected chi connectivity index (χ2v) is 14.7. The van der Waals surface area contributed by atoms with Crippen molar-refractivity contribution in [2.75, 3.05) is 0 Å². The highest BCUT2D eigenvalue weighted by Crippen LogP contribution is 2.43. The Morgan fingerprint density at radius 2 is 1.28 bits per heavy atom. The van der Waals surface area contributed by atoms with E-state index >= 15 is 0 Å². The number of benzene rings is 5. The molecule has 0 saturated carbocycles. The summed E-state index contributed by atoms with van der Waals surface area (Å²) in [6.45, 7) is 5.43. The molecule has 0 aliphatic carbocycles. The number of nitrogens with one attached hydrogen (secondary N) is 1. The molecule has 2 N–H and O–H groups in total. The number of aryl methyl sites for hydroxylation is 1. The lowest BCUT2D eigenvalue weighted by atomic mass is 9.77. The summed E-state index contributed by atoms with van der Waals surface area (Å²) in [5.41, 5.74) is 7.56. The minimum absolute atomic E-state index is 0.0773. The van der Waals surface area contributed by atoms with E-state index in [9.17, 15) is 9.90 Å². The molecule has 0 saturated heterocycles. The largest absolute Gasteiger partial charge is 0.493 e. The highest BCUT2D eigenvalue weighted by Gasteiger charge is 2.42. The van der Waals surface area contributed by atoms with Gasteiger partial charge in [0.2, 0.25) is 5.88 Å². The highest BCUT2D eigenvalue weighted by molar-refractivity contribution is 5.81. The number of hydrogen-bond donors (Lipinski definition) is 2. The number of unbranched alkanes of at least 4 members (excludes halogenated alkanes) is 2. The van der Waals surface area contributed by atoms with Crippen LogP contribution in [0.25, 0.3) is 22.5 Å². The molecule has 8 aromatic rings. The van der Waals surface area contributed by atoms with Crippen LogP contribution in [-0.4, -0.2) is 44.4 Å².